The van der Waals surface area contributed by atoms with E-state index in [1.54, 1.807) is 45.0 Å². The Balaban J connectivity index is 1.38. The average Bonchev–Trinajstić information content (AvgIpc) is 3.42. The molecule has 266 valence electrons. The van der Waals surface area contributed by atoms with Gasteiger partial charge in [0.2, 0.25) is 0 Å². The Bertz CT molecular complexity index is 1840. The number of piperazine rings is 1. The van der Waals surface area contributed by atoms with Crippen molar-refractivity contribution in [2.45, 2.75) is 51.2 Å². The highest BCUT2D eigenvalue weighted by Gasteiger charge is 2.27. The van der Waals surface area contributed by atoms with E-state index in [1.807, 2.05) is 12.1 Å². The first-order valence-electron chi connectivity index (χ1n) is 16.9. The summed E-state index contributed by atoms with van der Waals surface area (Å²) < 4.78 is 40.6. The van der Waals surface area contributed by atoms with E-state index in [0.717, 1.165) is 55.5 Å². The number of rotatable bonds is 8. The number of aromatic nitrogens is 2. The second-order valence-electron chi connectivity index (χ2n) is 14.0. The molecule has 1 aromatic heterocycles. The van der Waals surface area contributed by atoms with Crippen molar-refractivity contribution >= 4 is 40.1 Å². The summed E-state index contributed by atoms with van der Waals surface area (Å²) >= 11 is 0. The molecular weight excluding hydrogens is 646 g/mol. The van der Waals surface area contributed by atoms with Gasteiger partial charge in [-0.05, 0) is 94.3 Å². The number of likely N-dealkylation sites (N-methyl/N-ethyl adjacent to an activating group) is 1. The van der Waals surface area contributed by atoms with E-state index in [2.05, 4.69) is 32.6 Å². The van der Waals surface area contributed by atoms with Gasteiger partial charge in [0.15, 0.2) is 5.82 Å². The number of carbonyl (C=O) groups excluding carboxylic acids is 2. The Hall–Kier alpha value is -4.59. The lowest BCUT2D eigenvalue weighted by Crippen LogP contribution is -2.44. The standard InChI is InChI=1S/C37H44F2N6O5/c1-37(2,3)50-36(48)45-33-8-5-23(31(22-46)24-17-25(38)20-26(39)18-24)19-30(33)34(42-45)41-35(47)29-7-6-28(44-13-11-43(4)12-14-44)21-32(29)40-27-9-15-49-16-10-27/h5-8,17-21,27,31,40,46H,9-16,22H2,1-4H3,(H,41,42,47). The third kappa shape index (κ3) is 8.06. The van der Waals surface area contributed by atoms with Gasteiger partial charge in [0.05, 0.1) is 17.7 Å². The number of aliphatic hydroxyl groups excluding tert-OH is 1. The lowest BCUT2D eigenvalue weighted by molar-refractivity contribution is 0.0522. The second-order valence-corrected chi connectivity index (χ2v) is 14.0. The number of carbonyl (C=O) groups is 2. The first kappa shape index (κ1) is 35.2. The number of hydrogen-bond donors (Lipinski definition) is 3. The molecule has 2 aliphatic heterocycles. The van der Waals surface area contributed by atoms with Gasteiger partial charge in [-0.15, -0.1) is 5.10 Å². The molecule has 1 unspecified atom stereocenters. The number of ether oxygens (including phenoxy) is 2. The molecule has 2 saturated heterocycles. The molecule has 6 rings (SSSR count). The minimum absolute atomic E-state index is 0.0833. The van der Waals surface area contributed by atoms with Crippen molar-refractivity contribution in [1.29, 1.82) is 0 Å². The van der Waals surface area contributed by atoms with Crippen LogP contribution in [-0.4, -0.2) is 96.5 Å². The van der Waals surface area contributed by atoms with Crippen LogP contribution < -0.4 is 15.5 Å². The molecule has 1 atom stereocenters. The molecule has 13 heteroatoms. The molecule has 1 amide bonds. The van der Waals surface area contributed by atoms with Gasteiger partial charge in [-0.3, -0.25) is 4.79 Å². The molecule has 3 aromatic carbocycles. The zero-order chi connectivity index (χ0) is 35.6. The number of nitrogens with zero attached hydrogens (tertiary/aromatic N) is 4. The van der Waals surface area contributed by atoms with Crippen LogP contribution in [0.25, 0.3) is 10.9 Å². The fraction of sp³-hybridized carbons (Fsp3) is 0.432. The van der Waals surface area contributed by atoms with Gasteiger partial charge >= 0.3 is 6.09 Å². The van der Waals surface area contributed by atoms with Gasteiger partial charge in [0.25, 0.3) is 5.91 Å². The second kappa shape index (κ2) is 14.7. The number of nitrogens with one attached hydrogen (secondary N) is 2. The minimum atomic E-state index is -0.821. The molecule has 3 N–H and O–H groups in total. The molecule has 3 heterocycles. The summed E-state index contributed by atoms with van der Waals surface area (Å²) in [5.74, 6) is -2.70. The fourth-order valence-corrected chi connectivity index (χ4v) is 6.42. The average molecular weight is 691 g/mol. The van der Waals surface area contributed by atoms with Crippen molar-refractivity contribution in [2.24, 2.45) is 0 Å². The van der Waals surface area contributed by atoms with Gasteiger partial charge < -0.3 is 35.0 Å². The van der Waals surface area contributed by atoms with Crippen LogP contribution in [0.1, 0.15) is 61.0 Å². The highest BCUT2D eigenvalue weighted by atomic mass is 19.1. The summed E-state index contributed by atoms with van der Waals surface area (Å²) in [6, 6.07) is 13.9. The normalized spacial score (nSPS) is 16.7. The van der Waals surface area contributed by atoms with Crippen LogP contribution in [-0.2, 0) is 9.47 Å². The minimum Gasteiger partial charge on any atom is -0.442 e. The molecule has 2 fully saturated rings. The van der Waals surface area contributed by atoms with Gasteiger partial charge in [0.1, 0.15) is 17.2 Å². The maximum atomic E-state index is 14.2. The lowest BCUT2D eigenvalue weighted by atomic mass is 9.91. The van der Waals surface area contributed by atoms with Crippen LogP contribution in [0.5, 0.6) is 0 Å². The van der Waals surface area contributed by atoms with Crippen molar-refractivity contribution in [3.8, 4) is 0 Å². The summed E-state index contributed by atoms with van der Waals surface area (Å²) in [5.41, 5.74) is 2.34. The monoisotopic (exact) mass is 690 g/mol. The number of benzene rings is 3. The lowest BCUT2D eigenvalue weighted by Gasteiger charge is -2.34. The van der Waals surface area contributed by atoms with Crippen LogP contribution in [0.3, 0.4) is 0 Å². The Morgan fingerprint density at radius 3 is 2.34 bits per heavy atom. The molecule has 11 nitrogen and oxygen atoms in total. The Morgan fingerprint density at radius 2 is 1.68 bits per heavy atom. The van der Waals surface area contributed by atoms with Crippen molar-refractivity contribution in [1.82, 2.24) is 14.7 Å². The van der Waals surface area contributed by atoms with E-state index in [4.69, 9.17) is 9.47 Å². The highest BCUT2D eigenvalue weighted by molar-refractivity contribution is 6.11. The third-order valence-corrected chi connectivity index (χ3v) is 9.07. The Morgan fingerprint density at radius 1 is 0.980 bits per heavy atom. The van der Waals surface area contributed by atoms with Gasteiger partial charge in [-0.2, -0.15) is 4.68 Å². The molecule has 0 radical (unpaired) electrons. The zero-order valence-corrected chi connectivity index (χ0v) is 28.8. The summed E-state index contributed by atoms with van der Waals surface area (Å²) in [5, 5.41) is 21.7. The van der Waals surface area contributed by atoms with Crippen LogP contribution in [0.4, 0.5) is 30.8 Å². The smallest absolute Gasteiger partial charge is 0.435 e. The van der Waals surface area contributed by atoms with E-state index >= 15 is 0 Å². The van der Waals surface area contributed by atoms with E-state index in [-0.39, 0.29) is 17.4 Å². The Kier molecular flexibility index (Phi) is 10.4. The SMILES string of the molecule is CN1CCN(c2ccc(C(=O)Nc3nn(C(=O)OC(C)(C)C)c4ccc(C(CO)c5cc(F)cc(F)c5)cc34)c(NC3CCOCC3)c2)CC1. The predicted octanol–water partition coefficient (Wildman–Crippen LogP) is 5.82. The van der Waals surface area contributed by atoms with Crippen LogP contribution >= 0.6 is 0 Å². The van der Waals surface area contributed by atoms with Gasteiger partial charge in [-0.25, -0.2) is 13.6 Å². The zero-order valence-electron chi connectivity index (χ0n) is 28.8. The summed E-state index contributed by atoms with van der Waals surface area (Å²) in [7, 11) is 2.10. The number of anilines is 3. The maximum Gasteiger partial charge on any atom is 0.435 e. The maximum absolute atomic E-state index is 14.2. The van der Waals surface area contributed by atoms with E-state index < -0.39 is 41.8 Å². The molecule has 0 aliphatic carbocycles. The number of fused-ring (bicyclic) bond motifs is 1. The predicted molar refractivity (Wildman–Crippen MR) is 188 cm³/mol. The van der Waals surface area contributed by atoms with E-state index in [9.17, 15) is 23.5 Å². The van der Waals surface area contributed by atoms with Crippen molar-refractivity contribution in [2.75, 3.05) is 68.6 Å². The topological polar surface area (TPSA) is 121 Å². The van der Waals surface area contributed by atoms with Crippen LogP contribution in [0.15, 0.2) is 54.6 Å². The summed E-state index contributed by atoms with van der Waals surface area (Å²) in [6.07, 6.45) is 0.851. The van der Waals surface area contributed by atoms with Gasteiger partial charge in [0, 0.05) is 74.2 Å². The van der Waals surface area contributed by atoms with Crippen LogP contribution in [0, 0.1) is 11.6 Å². The van der Waals surface area contributed by atoms with E-state index in [0.29, 0.717) is 40.9 Å². The van der Waals surface area contributed by atoms with E-state index in [1.165, 1.54) is 12.1 Å². The first-order valence-corrected chi connectivity index (χ1v) is 16.9. The quantitative estimate of drug-likeness (QED) is 0.210. The first-order chi connectivity index (χ1) is 23.9. The number of hydrogen-bond acceptors (Lipinski definition) is 9. The molecule has 2 aliphatic rings. The molecule has 0 spiro atoms. The molecule has 4 aromatic rings. The van der Waals surface area contributed by atoms with Crippen molar-refractivity contribution in [3.05, 3.63) is 82.9 Å². The molecule has 0 bridgehead atoms. The Labute approximate surface area is 290 Å². The van der Waals surface area contributed by atoms with Crippen molar-refractivity contribution < 1.29 is 33.0 Å². The molecule has 50 heavy (non-hydrogen) atoms. The summed E-state index contributed by atoms with van der Waals surface area (Å²) in [4.78, 5) is 32.0. The molecule has 0 saturated carbocycles. The number of amides is 1. The number of halogens is 2. The van der Waals surface area contributed by atoms with Gasteiger partial charge in [-0.1, -0.05) is 6.07 Å². The highest BCUT2D eigenvalue weighted by Crippen LogP contribution is 2.33. The largest absolute Gasteiger partial charge is 0.442 e. The molecular formula is C37H44F2N6O5. The third-order valence-electron chi connectivity index (χ3n) is 9.07. The van der Waals surface area contributed by atoms with Crippen molar-refractivity contribution in [3.63, 3.8) is 0 Å². The fourth-order valence-electron chi connectivity index (χ4n) is 6.42. The summed E-state index contributed by atoms with van der Waals surface area (Å²) in [6.45, 7) is 9.63. The van der Waals surface area contributed by atoms with Crippen LogP contribution in [0.2, 0.25) is 0 Å². The number of aliphatic hydroxyl groups is 1.